The number of benzene rings is 2. The molecule has 2 amide bonds. The van der Waals surface area contributed by atoms with Gasteiger partial charge < -0.3 is 10.1 Å². The number of anilines is 2. The number of unbranched alkanes of at least 4 members (excludes halogenated alkanes) is 1. The Morgan fingerprint density at radius 3 is 2.37 bits per heavy atom. The maximum absolute atomic E-state index is 12.8. The Bertz CT molecular complexity index is 1040. The predicted octanol–water partition coefficient (Wildman–Crippen LogP) is 5.39. The number of halogens is 3. The van der Waals surface area contributed by atoms with Crippen molar-refractivity contribution >= 4 is 64.0 Å². The van der Waals surface area contributed by atoms with E-state index < -0.39 is 17.8 Å². The van der Waals surface area contributed by atoms with E-state index in [0.717, 1.165) is 17.7 Å². The first kappa shape index (κ1) is 22.2. The smallest absolute Gasteiger partial charge is 0.338 e. The van der Waals surface area contributed by atoms with E-state index in [1.54, 1.807) is 24.3 Å². The van der Waals surface area contributed by atoms with Crippen LogP contribution in [0.25, 0.3) is 0 Å². The van der Waals surface area contributed by atoms with Gasteiger partial charge in [0.15, 0.2) is 0 Å². The number of esters is 1. The zero-order chi connectivity index (χ0) is 21.8. The number of carbonyl (C=O) groups is 3. The number of nitrogens with one attached hydrogen (secondary N) is 1. The first-order valence-electron chi connectivity index (χ1n) is 9.11. The highest BCUT2D eigenvalue weighted by Gasteiger charge is 2.39. The van der Waals surface area contributed by atoms with Crippen molar-refractivity contribution in [3.8, 4) is 0 Å². The highest BCUT2D eigenvalue weighted by atomic mass is 35.5. The second kappa shape index (κ2) is 9.51. The summed E-state index contributed by atoms with van der Waals surface area (Å²) in [5.74, 6) is -1.79. The average Bonchev–Trinajstić information content (AvgIpc) is 2.92. The summed E-state index contributed by atoms with van der Waals surface area (Å²) >= 11 is 18.1. The molecule has 0 bridgehead atoms. The molecule has 156 valence electrons. The van der Waals surface area contributed by atoms with E-state index in [1.807, 2.05) is 6.92 Å². The Kier molecular flexibility index (Phi) is 7.02. The van der Waals surface area contributed by atoms with Gasteiger partial charge in [-0.25, -0.2) is 9.69 Å². The van der Waals surface area contributed by atoms with Crippen molar-refractivity contribution in [3.05, 3.63) is 68.8 Å². The maximum Gasteiger partial charge on any atom is 0.338 e. The van der Waals surface area contributed by atoms with Crippen molar-refractivity contribution in [2.24, 2.45) is 0 Å². The van der Waals surface area contributed by atoms with Gasteiger partial charge >= 0.3 is 5.97 Å². The van der Waals surface area contributed by atoms with E-state index in [1.165, 1.54) is 18.2 Å². The van der Waals surface area contributed by atoms with Crippen molar-refractivity contribution in [2.75, 3.05) is 16.8 Å². The molecule has 9 heteroatoms. The lowest BCUT2D eigenvalue weighted by Crippen LogP contribution is -2.32. The number of amides is 2. The van der Waals surface area contributed by atoms with E-state index in [2.05, 4.69) is 5.32 Å². The molecule has 1 aliphatic heterocycles. The molecule has 1 N–H and O–H groups in total. The third-order valence-corrected chi connectivity index (χ3v) is 5.19. The molecule has 30 heavy (non-hydrogen) atoms. The molecule has 0 unspecified atom stereocenters. The molecule has 0 aliphatic carbocycles. The Hall–Kier alpha value is -2.54. The van der Waals surface area contributed by atoms with E-state index in [0.29, 0.717) is 22.9 Å². The third kappa shape index (κ3) is 4.61. The molecule has 0 radical (unpaired) electrons. The van der Waals surface area contributed by atoms with E-state index in [-0.39, 0.29) is 21.4 Å². The molecule has 0 aromatic heterocycles. The van der Waals surface area contributed by atoms with Gasteiger partial charge in [0.1, 0.15) is 10.7 Å². The Balaban J connectivity index is 1.76. The monoisotopic (exact) mass is 466 g/mol. The minimum absolute atomic E-state index is 0.0917. The zero-order valence-electron chi connectivity index (χ0n) is 15.9. The van der Waals surface area contributed by atoms with Crippen LogP contribution in [0, 0.1) is 0 Å². The fourth-order valence-corrected chi connectivity index (χ4v) is 3.42. The topological polar surface area (TPSA) is 75.7 Å². The van der Waals surface area contributed by atoms with Gasteiger partial charge in [-0.05, 0) is 48.9 Å². The first-order chi connectivity index (χ1) is 14.3. The molecule has 0 fully saturated rings. The molecule has 0 saturated heterocycles. The number of rotatable bonds is 7. The van der Waals surface area contributed by atoms with Crippen molar-refractivity contribution < 1.29 is 19.1 Å². The molecule has 0 spiro atoms. The van der Waals surface area contributed by atoms with Gasteiger partial charge in [-0.15, -0.1) is 0 Å². The number of hydrogen-bond donors (Lipinski definition) is 1. The molecule has 3 rings (SSSR count). The second-order valence-corrected chi connectivity index (χ2v) is 7.64. The number of ether oxygens (including phenoxy) is 1. The van der Waals surface area contributed by atoms with Crippen molar-refractivity contribution in [2.45, 2.75) is 19.8 Å². The molecule has 1 aliphatic rings. The standard InChI is InChI=1S/C21H17Cl3N2O4/c1-2-3-10-30-21(29)12-4-7-14(8-5-12)25-18-17(24)19(27)26(20(18)28)16-9-6-13(22)11-15(16)23/h4-9,11,25H,2-3,10H2,1H3. The van der Waals surface area contributed by atoms with Crippen LogP contribution in [0.5, 0.6) is 0 Å². The summed E-state index contributed by atoms with van der Waals surface area (Å²) in [5.41, 5.74) is 0.931. The molecule has 0 saturated carbocycles. The Morgan fingerprint density at radius 1 is 1.03 bits per heavy atom. The summed E-state index contributed by atoms with van der Waals surface area (Å²) in [6, 6.07) is 10.7. The normalized spacial score (nSPS) is 13.8. The van der Waals surface area contributed by atoms with Crippen LogP contribution in [0.2, 0.25) is 10.0 Å². The summed E-state index contributed by atoms with van der Waals surface area (Å²) in [6.07, 6.45) is 1.72. The number of imide groups is 1. The van der Waals surface area contributed by atoms with Crippen LogP contribution >= 0.6 is 34.8 Å². The summed E-state index contributed by atoms with van der Waals surface area (Å²) in [7, 11) is 0. The Labute approximate surface area is 188 Å². The van der Waals surface area contributed by atoms with Crippen LogP contribution in [0.4, 0.5) is 11.4 Å². The van der Waals surface area contributed by atoms with E-state index >= 15 is 0 Å². The van der Waals surface area contributed by atoms with Crippen LogP contribution < -0.4 is 10.2 Å². The molecular weight excluding hydrogens is 451 g/mol. The largest absolute Gasteiger partial charge is 0.462 e. The van der Waals surface area contributed by atoms with Gasteiger partial charge in [-0.1, -0.05) is 48.1 Å². The fraction of sp³-hybridized carbons (Fsp3) is 0.190. The average molecular weight is 468 g/mol. The number of hydrogen-bond acceptors (Lipinski definition) is 5. The molecule has 2 aromatic carbocycles. The van der Waals surface area contributed by atoms with Crippen molar-refractivity contribution in [3.63, 3.8) is 0 Å². The summed E-state index contributed by atoms with van der Waals surface area (Å²) in [6.45, 7) is 2.36. The summed E-state index contributed by atoms with van der Waals surface area (Å²) < 4.78 is 5.16. The second-order valence-electron chi connectivity index (χ2n) is 6.42. The van der Waals surface area contributed by atoms with Gasteiger partial charge in [0.2, 0.25) is 0 Å². The maximum atomic E-state index is 12.8. The van der Waals surface area contributed by atoms with Gasteiger partial charge in [0, 0.05) is 10.7 Å². The van der Waals surface area contributed by atoms with Gasteiger partial charge in [-0.2, -0.15) is 0 Å². The summed E-state index contributed by atoms with van der Waals surface area (Å²) in [5, 5.41) is 3.07. The summed E-state index contributed by atoms with van der Waals surface area (Å²) in [4.78, 5) is 38.2. The van der Waals surface area contributed by atoms with E-state index in [9.17, 15) is 14.4 Å². The lowest BCUT2D eigenvalue weighted by molar-refractivity contribution is -0.120. The van der Waals surface area contributed by atoms with E-state index in [4.69, 9.17) is 39.5 Å². The van der Waals surface area contributed by atoms with Crippen LogP contribution in [0.1, 0.15) is 30.1 Å². The van der Waals surface area contributed by atoms with Gasteiger partial charge in [0.25, 0.3) is 11.8 Å². The van der Waals surface area contributed by atoms with Crippen LogP contribution in [0.15, 0.2) is 53.2 Å². The van der Waals surface area contributed by atoms with Crippen LogP contribution in [-0.2, 0) is 14.3 Å². The highest BCUT2D eigenvalue weighted by molar-refractivity contribution is 6.53. The Morgan fingerprint density at radius 2 is 1.73 bits per heavy atom. The predicted molar refractivity (Wildman–Crippen MR) is 117 cm³/mol. The molecule has 1 heterocycles. The van der Waals surface area contributed by atoms with Crippen molar-refractivity contribution in [1.82, 2.24) is 0 Å². The molecule has 2 aromatic rings. The van der Waals surface area contributed by atoms with Gasteiger partial charge in [-0.3, -0.25) is 9.59 Å². The fourth-order valence-electron chi connectivity index (χ4n) is 2.72. The number of nitrogens with zero attached hydrogens (tertiary/aromatic N) is 1. The van der Waals surface area contributed by atoms with Gasteiger partial charge in [0.05, 0.1) is 22.9 Å². The van der Waals surface area contributed by atoms with Crippen LogP contribution in [-0.4, -0.2) is 24.4 Å². The highest BCUT2D eigenvalue weighted by Crippen LogP contribution is 2.35. The minimum atomic E-state index is -0.704. The minimum Gasteiger partial charge on any atom is -0.462 e. The SMILES string of the molecule is CCCCOC(=O)c1ccc(NC2=C(Cl)C(=O)N(c3ccc(Cl)cc3Cl)C2=O)cc1. The molecule has 6 nitrogen and oxygen atoms in total. The molecular formula is C21H17Cl3N2O4. The lowest BCUT2D eigenvalue weighted by atomic mass is 10.2. The third-order valence-electron chi connectivity index (χ3n) is 4.30. The molecule has 0 atom stereocenters. The lowest BCUT2D eigenvalue weighted by Gasteiger charge is -2.16. The quantitative estimate of drug-likeness (QED) is 0.336. The zero-order valence-corrected chi connectivity index (χ0v) is 18.1. The number of carbonyl (C=O) groups excluding carboxylic acids is 3. The van der Waals surface area contributed by atoms with Crippen molar-refractivity contribution in [1.29, 1.82) is 0 Å². The first-order valence-corrected chi connectivity index (χ1v) is 10.2. The van der Waals surface area contributed by atoms with Crippen LogP contribution in [0.3, 0.4) is 0 Å².